The Morgan fingerprint density at radius 2 is 1.12 bits per heavy atom. The van der Waals surface area contributed by atoms with Crippen molar-refractivity contribution in [3.63, 3.8) is 0 Å². The molecular weight excluding hydrogens is 604 g/mol. The van der Waals surface area contributed by atoms with E-state index < -0.39 is 0 Å². The Morgan fingerprint density at radius 1 is 0.651 bits per heavy atom. The molecule has 0 spiro atoms. The lowest BCUT2D eigenvalue weighted by Crippen LogP contribution is -2.37. The second kappa shape index (κ2) is 11.4. The van der Waals surface area contributed by atoms with Crippen LogP contribution in [0.5, 0.6) is 0 Å². The van der Waals surface area contributed by atoms with E-state index in [0.717, 1.165) is 22.0 Å². The minimum atomic E-state index is -0.289. The van der Waals surface area contributed by atoms with E-state index in [9.17, 15) is 19.2 Å². The van der Waals surface area contributed by atoms with Gasteiger partial charge in [0.25, 0.3) is 23.6 Å². The van der Waals surface area contributed by atoms with Crippen LogP contribution in [0.3, 0.4) is 0 Å². The van der Waals surface area contributed by atoms with Crippen molar-refractivity contribution in [1.29, 1.82) is 0 Å². The zero-order valence-corrected chi connectivity index (χ0v) is 25.7. The highest BCUT2D eigenvalue weighted by Gasteiger charge is 2.45. The van der Waals surface area contributed by atoms with Crippen LogP contribution in [0.1, 0.15) is 91.0 Å². The highest BCUT2D eigenvalue weighted by atomic mass is 79.9. The van der Waals surface area contributed by atoms with Gasteiger partial charge in [0, 0.05) is 4.47 Å². The van der Waals surface area contributed by atoms with Crippen LogP contribution in [0.15, 0.2) is 102 Å². The van der Waals surface area contributed by atoms with Crippen molar-refractivity contribution >= 4 is 39.6 Å². The molecule has 0 saturated heterocycles. The van der Waals surface area contributed by atoms with Crippen LogP contribution in [0.2, 0.25) is 0 Å². The summed E-state index contributed by atoms with van der Waals surface area (Å²) in [6.07, 6.45) is 0.911. The standard InChI is InChI=1S/C18H16BrNO2.C18H15NO2/c1-11(2)16(14-9-5-6-10-15(14)19)20-17(21)12-7-3-4-8-13(12)18(20)22;1-11-10-12-6-2-3-7-13(12)16(11)19-17(20)14-8-4-5-9-15(14)18(19)21/h3-11,16H,1-2H3;2-9,11,16H,10H2,1H3/t;11-,16+/m.0/s1. The third kappa shape index (κ3) is 4.82. The fourth-order valence-corrected chi connectivity index (χ4v) is 7.12. The molecule has 0 saturated carbocycles. The molecule has 4 aromatic carbocycles. The summed E-state index contributed by atoms with van der Waals surface area (Å²) >= 11 is 3.54. The van der Waals surface area contributed by atoms with E-state index in [1.165, 1.54) is 15.4 Å². The number of amides is 4. The molecule has 1 aliphatic carbocycles. The SMILES string of the molecule is CC(C)C(c1ccccc1Br)N1C(=O)c2ccccc2C1=O.C[C@H]1Cc2ccccc2[C@@H]1N1C(=O)c2ccccc2C1=O. The van der Waals surface area contributed by atoms with E-state index >= 15 is 0 Å². The lowest BCUT2D eigenvalue weighted by atomic mass is 9.94. The van der Waals surface area contributed by atoms with Crippen molar-refractivity contribution in [3.8, 4) is 0 Å². The van der Waals surface area contributed by atoms with Gasteiger partial charge in [0.05, 0.1) is 34.3 Å². The number of carbonyl (C=O) groups is 4. The maximum atomic E-state index is 12.7. The summed E-state index contributed by atoms with van der Waals surface area (Å²) in [4.78, 5) is 53.6. The topological polar surface area (TPSA) is 74.8 Å². The van der Waals surface area contributed by atoms with Crippen LogP contribution >= 0.6 is 15.9 Å². The Kier molecular flexibility index (Phi) is 7.61. The molecule has 1 unspecified atom stereocenters. The first-order valence-corrected chi connectivity index (χ1v) is 15.3. The summed E-state index contributed by atoms with van der Waals surface area (Å²) in [5.41, 5.74) is 5.34. The van der Waals surface area contributed by atoms with Crippen LogP contribution < -0.4 is 0 Å². The van der Waals surface area contributed by atoms with Gasteiger partial charge in [0.1, 0.15) is 0 Å². The molecule has 2 heterocycles. The Morgan fingerprint density at radius 3 is 1.65 bits per heavy atom. The van der Waals surface area contributed by atoms with Gasteiger partial charge >= 0.3 is 0 Å². The normalized spacial score (nSPS) is 19.3. The molecule has 4 amide bonds. The maximum absolute atomic E-state index is 12.7. The minimum absolute atomic E-state index is 0.112. The zero-order chi connectivity index (χ0) is 30.4. The van der Waals surface area contributed by atoms with Crippen LogP contribution in [-0.2, 0) is 6.42 Å². The monoisotopic (exact) mass is 634 g/mol. The average Bonchev–Trinajstić information content (AvgIpc) is 3.56. The van der Waals surface area contributed by atoms with Gasteiger partial charge < -0.3 is 0 Å². The molecule has 2 aliphatic heterocycles. The highest BCUT2D eigenvalue weighted by molar-refractivity contribution is 9.10. The third-order valence-electron chi connectivity index (χ3n) is 8.52. The Labute approximate surface area is 259 Å². The molecule has 0 N–H and O–H groups in total. The quantitative estimate of drug-likeness (QED) is 0.216. The van der Waals surface area contributed by atoms with Crippen molar-refractivity contribution in [2.24, 2.45) is 11.8 Å². The molecule has 6 nitrogen and oxygen atoms in total. The summed E-state index contributed by atoms with van der Waals surface area (Å²) < 4.78 is 0.908. The largest absolute Gasteiger partial charge is 0.269 e. The number of benzene rings is 4. The molecule has 7 heteroatoms. The molecule has 0 bridgehead atoms. The highest BCUT2D eigenvalue weighted by Crippen LogP contribution is 2.43. The summed E-state index contributed by atoms with van der Waals surface area (Å²) in [6.45, 7) is 6.15. The number of imide groups is 2. The number of hydrogen-bond acceptors (Lipinski definition) is 4. The summed E-state index contributed by atoms with van der Waals surface area (Å²) in [6, 6.07) is 29.5. The van der Waals surface area contributed by atoms with Crippen molar-refractivity contribution in [1.82, 2.24) is 9.80 Å². The number of carbonyl (C=O) groups excluding carboxylic acids is 4. The fraction of sp³-hybridized carbons (Fsp3) is 0.222. The second-order valence-electron chi connectivity index (χ2n) is 11.6. The molecule has 216 valence electrons. The van der Waals surface area contributed by atoms with E-state index in [0.29, 0.717) is 22.3 Å². The zero-order valence-electron chi connectivity index (χ0n) is 24.2. The average molecular weight is 636 g/mol. The summed E-state index contributed by atoms with van der Waals surface area (Å²) in [7, 11) is 0. The van der Waals surface area contributed by atoms with Crippen LogP contribution in [0, 0.1) is 11.8 Å². The number of fused-ring (bicyclic) bond motifs is 3. The van der Waals surface area contributed by atoms with E-state index in [4.69, 9.17) is 0 Å². The fourth-order valence-electron chi connectivity index (χ4n) is 6.60. The minimum Gasteiger partial charge on any atom is -0.269 e. The molecule has 0 radical (unpaired) electrons. The van der Waals surface area contributed by atoms with Crippen molar-refractivity contribution in [2.45, 2.75) is 39.3 Å². The number of halogens is 1. The molecule has 43 heavy (non-hydrogen) atoms. The first-order chi connectivity index (χ1) is 20.7. The smallest absolute Gasteiger partial charge is 0.262 e. The number of rotatable bonds is 4. The van der Waals surface area contributed by atoms with E-state index in [2.05, 4.69) is 28.9 Å². The predicted octanol–water partition coefficient (Wildman–Crippen LogP) is 7.66. The van der Waals surface area contributed by atoms with Gasteiger partial charge in [0.2, 0.25) is 0 Å². The lowest BCUT2D eigenvalue weighted by molar-refractivity contribution is 0.0526. The summed E-state index contributed by atoms with van der Waals surface area (Å²) in [5.74, 6) is -0.385. The van der Waals surface area contributed by atoms with Gasteiger partial charge in [-0.2, -0.15) is 0 Å². The molecule has 0 aromatic heterocycles. The van der Waals surface area contributed by atoms with Gasteiger partial charge in [-0.3, -0.25) is 29.0 Å². The van der Waals surface area contributed by atoms with Gasteiger partial charge in [0.15, 0.2) is 0 Å². The first-order valence-electron chi connectivity index (χ1n) is 14.5. The lowest BCUT2D eigenvalue weighted by Gasteiger charge is -2.30. The van der Waals surface area contributed by atoms with E-state index in [1.54, 1.807) is 48.5 Å². The van der Waals surface area contributed by atoms with Crippen LogP contribution in [0.4, 0.5) is 0 Å². The third-order valence-corrected chi connectivity index (χ3v) is 9.24. The Balaban J connectivity index is 0.000000153. The predicted molar refractivity (Wildman–Crippen MR) is 168 cm³/mol. The Hall–Kier alpha value is -4.36. The maximum Gasteiger partial charge on any atom is 0.262 e. The number of nitrogens with zero attached hydrogens (tertiary/aromatic N) is 2. The first kappa shape index (κ1) is 28.7. The van der Waals surface area contributed by atoms with Crippen LogP contribution in [-0.4, -0.2) is 33.4 Å². The Bertz CT molecular complexity index is 1710. The molecule has 4 aromatic rings. The summed E-state index contributed by atoms with van der Waals surface area (Å²) in [5, 5.41) is 0. The second-order valence-corrected chi connectivity index (χ2v) is 12.4. The van der Waals surface area contributed by atoms with Gasteiger partial charge in [-0.25, -0.2) is 0 Å². The van der Waals surface area contributed by atoms with E-state index in [-0.39, 0.29) is 47.5 Å². The van der Waals surface area contributed by atoms with Gasteiger partial charge in [-0.05, 0) is 65.3 Å². The van der Waals surface area contributed by atoms with E-state index in [1.807, 2.05) is 56.3 Å². The van der Waals surface area contributed by atoms with Crippen molar-refractivity contribution < 1.29 is 19.2 Å². The van der Waals surface area contributed by atoms with Gasteiger partial charge in [-0.1, -0.05) is 103 Å². The molecular formula is C36H31BrN2O4. The van der Waals surface area contributed by atoms with Crippen LogP contribution in [0.25, 0.3) is 0 Å². The molecule has 3 aliphatic rings. The van der Waals surface area contributed by atoms with Crippen molar-refractivity contribution in [3.05, 3.63) is 140 Å². The number of hydrogen-bond donors (Lipinski definition) is 0. The van der Waals surface area contributed by atoms with Gasteiger partial charge in [-0.15, -0.1) is 0 Å². The molecule has 0 fully saturated rings. The molecule has 7 rings (SSSR count). The molecule has 3 atom stereocenters. The van der Waals surface area contributed by atoms with Crippen molar-refractivity contribution in [2.75, 3.05) is 0 Å².